The molecule has 0 spiro atoms. The van der Waals surface area contributed by atoms with E-state index < -0.39 is 0 Å². The maximum absolute atomic E-state index is 9.49. The summed E-state index contributed by atoms with van der Waals surface area (Å²) in [7, 11) is 1.60. The van der Waals surface area contributed by atoms with Crippen LogP contribution in [0.2, 0.25) is 0 Å². The first-order chi connectivity index (χ1) is 16.7. The van der Waals surface area contributed by atoms with Crippen molar-refractivity contribution in [1.29, 1.82) is 0 Å². The Morgan fingerprint density at radius 3 is 2.06 bits per heavy atom. The Morgan fingerprint density at radius 2 is 1.41 bits per heavy atom. The molecule has 0 atom stereocenters. The zero-order valence-electron chi connectivity index (χ0n) is 18.9. The Kier molecular flexibility index (Phi) is 7.87. The zero-order chi connectivity index (χ0) is 23.6. The maximum Gasteiger partial charge on any atom is 0.276 e. The molecular formula is C28H26N2O4. The lowest BCUT2D eigenvalue weighted by atomic mass is 10.1. The van der Waals surface area contributed by atoms with Crippen LogP contribution in [0.4, 0.5) is 0 Å². The van der Waals surface area contributed by atoms with E-state index in [9.17, 15) is 5.11 Å². The van der Waals surface area contributed by atoms with E-state index in [-0.39, 0.29) is 6.61 Å². The molecule has 3 aromatic carbocycles. The van der Waals surface area contributed by atoms with E-state index in [1.807, 2.05) is 84.9 Å². The summed E-state index contributed by atoms with van der Waals surface area (Å²) in [4.78, 5) is 0. The van der Waals surface area contributed by atoms with Gasteiger partial charge in [-0.15, -0.1) is 10.2 Å². The Labute approximate surface area is 199 Å². The van der Waals surface area contributed by atoms with Crippen LogP contribution in [-0.2, 0) is 19.8 Å². The number of aliphatic hydroxyl groups is 1. The van der Waals surface area contributed by atoms with Crippen LogP contribution in [-0.4, -0.2) is 22.4 Å². The number of hydrogen-bond acceptors (Lipinski definition) is 6. The summed E-state index contributed by atoms with van der Waals surface area (Å²) in [5.41, 5.74) is 4.32. The Hall–Kier alpha value is -4.16. The van der Waals surface area contributed by atoms with Crippen LogP contribution in [0.3, 0.4) is 0 Å². The second-order valence-corrected chi connectivity index (χ2v) is 7.59. The number of methoxy groups -OCH3 is 1. The summed E-state index contributed by atoms with van der Waals surface area (Å²) in [6, 6.07) is 27.2. The van der Waals surface area contributed by atoms with Crippen molar-refractivity contribution in [2.45, 2.75) is 19.8 Å². The van der Waals surface area contributed by atoms with Crippen LogP contribution < -0.4 is 14.2 Å². The summed E-state index contributed by atoms with van der Waals surface area (Å²) in [5.74, 6) is 1.52. The monoisotopic (exact) mass is 454 g/mol. The third-order valence-electron chi connectivity index (χ3n) is 5.06. The first kappa shape index (κ1) is 23.0. The second-order valence-electron chi connectivity index (χ2n) is 7.59. The maximum atomic E-state index is 9.49. The van der Waals surface area contributed by atoms with Crippen molar-refractivity contribution in [2.24, 2.45) is 0 Å². The second kappa shape index (κ2) is 11.6. The van der Waals surface area contributed by atoms with Gasteiger partial charge in [-0.3, -0.25) is 0 Å². The quantitative estimate of drug-likeness (QED) is 0.350. The lowest BCUT2D eigenvalue weighted by molar-refractivity contribution is 0.244. The number of hydrogen-bond donors (Lipinski definition) is 1. The highest BCUT2D eigenvalue weighted by atomic mass is 16.5. The minimum absolute atomic E-state index is 0.0667. The van der Waals surface area contributed by atoms with Gasteiger partial charge in [-0.05, 0) is 46.5 Å². The first-order valence-electron chi connectivity index (χ1n) is 10.9. The molecule has 0 fully saturated rings. The molecule has 0 radical (unpaired) electrons. The van der Waals surface area contributed by atoms with Crippen molar-refractivity contribution < 1.29 is 19.3 Å². The van der Waals surface area contributed by atoms with Crippen molar-refractivity contribution in [1.82, 2.24) is 10.2 Å². The van der Waals surface area contributed by atoms with Gasteiger partial charge in [0.25, 0.3) is 5.88 Å². The van der Waals surface area contributed by atoms with Crippen molar-refractivity contribution in [3.8, 4) is 17.4 Å². The summed E-state index contributed by atoms with van der Waals surface area (Å²) >= 11 is 0. The zero-order valence-corrected chi connectivity index (χ0v) is 18.9. The molecule has 0 bridgehead atoms. The number of ether oxygens (including phenoxy) is 3. The summed E-state index contributed by atoms with van der Waals surface area (Å²) < 4.78 is 17.3. The number of benzene rings is 3. The van der Waals surface area contributed by atoms with Gasteiger partial charge in [0, 0.05) is 6.07 Å². The topological polar surface area (TPSA) is 73.7 Å². The van der Waals surface area contributed by atoms with Crippen LogP contribution in [0.25, 0.3) is 12.2 Å². The van der Waals surface area contributed by atoms with E-state index in [4.69, 9.17) is 14.2 Å². The van der Waals surface area contributed by atoms with Crippen LogP contribution >= 0.6 is 0 Å². The molecule has 4 rings (SSSR count). The molecule has 0 saturated carbocycles. The van der Waals surface area contributed by atoms with Gasteiger partial charge in [0.15, 0.2) is 5.75 Å². The molecule has 6 nitrogen and oxygen atoms in total. The smallest absolute Gasteiger partial charge is 0.276 e. The first-order valence-corrected chi connectivity index (χ1v) is 10.9. The molecule has 34 heavy (non-hydrogen) atoms. The summed E-state index contributed by atoms with van der Waals surface area (Å²) in [6.45, 7) is 0.677. The van der Waals surface area contributed by atoms with E-state index in [1.165, 1.54) is 0 Å². The molecule has 0 amide bonds. The normalized spacial score (nSPS) is 10.9. The van der Waals surface area contributed by atoms with Gasteiger partial charge in [0.2, 0.25) is 0 Å². The van der Waals surface area contributed by atoms with Crippen LogP contribution in [0.15, 0.2) is 84.9 Å². The molecule has 0 aliphatic rings. The lowest BCUT2D eigenvalue weighted by Gasteiger charge is -2.12. The third kappa shape index (κ3) is 6.43. The number of aliphatic hydroxyl groups excluding tert-OH is 1. The molecule has 0 unspecified atom stereocenters. The van der Waals surface area contributed by atoms with E-state index in [2.05, 4.69) is 10.2 Å². The highest BCUT2D eigenvalue weighted by Crippen LogP contribution is 2.27. The van der Waals surface area contributed by atoms with Crippen LogP contribution in [0.5, 0.6) is 17.4 Å². The van der Waals surface area contributed by atoms with Gasteiger partial charge in [-0.25, -0.2) is 0 Å². The van der Waals surface area contributed by atoms with Crippen molar-refractivity contribution in [3.63, 3.8) is 0 Å². The SMILES string of the molecule is COc1cc(C=Cc2cc(OCc3ccccc3)c(OCc3ccccc3)nn2)cc(CO)c1. The fourth-order valence-corrected chi connectivity index (χ4v) is 3.30. The summed E-state index contributed by atoms with van der Waals surface area (Å²) in [5, 5.41) is 18.0. The number of rotatable bonds is 10. The molecule has 172 valence electrons. The van der Waals surface area contributed by atoms with Gasteiger partial charge in [-0.2, -0.15) is 0 Å². The fraction of sp³-hybridized carbons (Fsp3) is 0.143. The van der Waals surface area contributed by atoms with Crippen molar-refractivity contribution in [3.05, 3.63) is 113 Å². The highest BCUT2D eigenvalue weighted by molar-refractivity contribution is 5.69. The number of nitrogens with zero attached hydrogens (tertiary/aromatic N) is 2. The molecule has 6 heteroatoms. The van der Waals surface area contributed by atoms with E-state index in [0.29, 0.717) is 36.3 Å². The minimum Gasteiger partial charge on any atom is -0.497 e. The van der Waals surface area contributed by atoms with E-state index in [0.717, 1.165) is 22.3 Å². The molecule has 1 aromatic heterocycles. The van der Waals surface area contributed by atoms with E-state index >= 15 is 0 Å². The minimum atomic E-state index is -0.0667. The molecule has 4 aromatic rings. The molecule has 1 heterocycles. The van der Waals surface area contributed by atoms with Gasteiger partial charge in [0.1, 0.15) is 19.0 Å². The van der Waals surface area contributed by atoms with Gasteiger partial charge < -0.3 is 19.3 Å². The van der Waals surface area contributed by atoms with Crippen molar-refractivity contribution >= 4 is 12.2 Å². The Balaban J connectivity index is 1.56. The Bertz CT molecular complexity index is 1210. The Morgan fingerprint density at radius 1 is 0.735 bits per heavy atom. The highest BCUT2D eigenvalue weighted by Gasteiger charge is 2.11. The van der Waals surface area contributed by atoms with Gasteiger partial charge >= 0.3 is 0 Å². The van der Waals surface area contributed by atoms with Crippen LogP contribution in [0.1, 0.15) is 27.9 Å². The fourth-order valence-electron chi connectivity index (χ4n) is 3.30. The van der Waals surface area contributed by atoms with Gasteiger partial charge in [0.05, 0.1) is 19.4 Å². The third-order valence-corrected chi connectivity index (χ3v) is 5.06. The molecule has 1 N–H and O–H groups in total. The average molecular weight is 455 g/mol. The molecular weight excluding hydrogens is 428 g/mol. The predicted molar refractivity (Wildman–Crippen MR) is 131 cm³/mol. The summed E-state index contributed by atoms with van der Waals surface area (Å²) in [6.07, 6.45) is 3.72. The molecule has 0 aliphatic heterocycles. The standard InChI is InChI=1S/C28H26N2O4/c1-32-26-15-23(14-24(16-26)18-31)12-13-25-17-27(33-19-21-8-4-2-5-9-21)28(30-29-25)34-20-22-10-6-3-7-11-22/h2-17,31H,18-20H2,1H3. The van der Waals surface area contributed by atoms with Crippen molar-refractivity contribution in [2.75, 3.05) is 7.11 Å². The lowest BCUT2D eigenvalue weighted by Crippen LogP contribution is -2.04. The predicted octanol–water partition coefficient (Wildman–Crippen LogP) is 5.31. The number of aromatic nitrogens is 2. The van der Waals surface area contributed by atoms with Gasteiger partial charge in [-0.1, -0.05) is 66.7 Å². The molecule has 0 aliphatic carbocycles. The van der Waals surface area contributed by atoms with E-state index in [1.54, 1.807) is 19.2 Å². The largest absolute Gasteiger partial charge is 0.497 e. The van der Waals surface area contributed by atoms with Crippen LogP contribution in [0, 0.1) is 0 Å². The molecule has 0 saturated heterocycles. The average Bonchev–Trinajstić information content (AvgIpc) is 2.91.